The summed E-state index contributed by atoms with van der Waals surface area (Å²) in [5.41, 5.74) is 6.32. The SMILES string of the molecule is Cc1ccc(N[C@H]2CNCC2(F)F)cc1C(=O)N[C@H](C)c1ccc(C#CC2CCN(CCn3cc(C(=O)N4CCC(c5ccc6c(c5)n(C)c(=O)n6C5CCC(=O)NC5=O)CC4)cn3)CC2)c2ccccc12. The van der Waals surface area contributed by atoms with Crippen LogP contribution >= 0.6 is 0 Å². The highest BCUT2D eigenvalue weighted by Gasteiger charge is 2.44. The largest absolute Gasteiger partial charge is 0.375 e. The molecule has 4 aromatic carbocycles. The van der Waals surface area contributed by atoms with Gasteiger partial charge in [-0.2, -0.15) is 5.10 Å². The van der Waals surface area contributed by atoms with Gasteiger partial charge in [0, 0.05) is 68.6 Å². The lowest BCUT2D eigenvalue weighted by Crippen LogP contribution is -2.44. The van der Waals surface area contributed by atoms with Crippen molar-refractivity contribution in [1.82, 2.24) is 44.7 Å². The highest BCUT2D eigenvalue weighted by atomic mass is 19.3. The van der Waals surface area contributed by atoms with Crippen molar-refractivity contribution < 1.29 is 28.0 Å². The molecule has 3 atom stereocenters. The standard InChI is InChI=1S/C55H60F2N10O5/c1-34-8-13-41(61-49-31-58-33-55(49,56)57)29-45(34)51(69)60-35(2)42-14-11-38(43-6-4-5-7-44(42)43)10-9-36-18-22-64(23-19-36)26-27-66-32-40(30-59-66)53(71)65-24-20-37(21-25-65)39-12-15-46-48(28-39)63(3)54(72)67(46)47-16-17-50(68)62-52(47)70/h4-8,11-15,28-30,32,35-37,47,49,58,61H,16-27,31,33H2,1-3H3,(H,60,69)(H,62,68,70)/t35-,47?,49+/m1/s1. The van der Waals surface area contributed by atoms with E-state index in [1.54, 1.807) is 36.0 Å². The molecule has 4 fully saturated rings. The second-order valence-corrected chi connectivity index (χ2v) is 19.9. The third-order valence-corrected chi connectivity index (χ3v) is 15.2. The van der Waals surface area contributed by atoms with Crippen molar-refractivity contribution in [2.75, 3.05) is 51.1 Å². The average Bonchev–Trinajstić information content (AvgIpc) is 4.07. The summed E-state index contributed by atoms with van der Waals surface area (Å²) < 4.78 is 33.5. The summed E-state index contributed by atoms with van der Waals surface area (Å²) in [7, 11) is 1.70. The Bertz CT molecular complexity index is 3200. The van der Waals surface area contributed by atoms with Gasteiger partial charge in [0.15, 0.2) is 0 Å². The molecule has 15 nitrogen and oxygen atoms in total. The highest BCUT2D eigenvalue weighted by Crippen LogP contribution is 2.33. The van der Waals surface area contributed by atoms with Crippen LogP contribution in [0.3, 0.4) is 0 Å². The summed E-state index contributed by atoms with van der Waals surface area (Å²) >= 11 is 0. The number of hydrogen-bond donors (Lipinski definition) is 4. The summed E-state index contributed by atoms with van der Waals surface area (Å²) in [4.78, 5) is 69.2. The quantitative estimate of drug-likeness (QED) is 0.0865. The number of aromatic nitrogens is 4. The number of carbonyl (C=O) groups is 4. The smallest absolute Gasteiger partial charge is 0.329 e. The molecule has 10 rings (SSSR count). The van der Waals surface area contributed by atoms with Crippen LogP contribution < -0.4 is 27.0 Å². The van der Waals surface area contributed by atoms with Crippen LogP contribution in [0.5, 0.6) is 0 Å². The molecule has 0 bridgehead atoms. The Morgan fingerprint density at radius 2 is 1.68 bits per heavy atom. The lowest BCUT2D eigenvalue weighted by atomic mass is 9.89. The first-order valence-electron chi connectivity index (χ1n) is 25.1. The van der Waals surface area contributed by atoms with Crippen LogP contribution in [0.2, 0.25) is 0 Å². The molecule has 0 radical (unpaired) electrons. The fraction of sp³-hybridized carbons (Fsp3) is 0.418. The monoisotopic (exact) mass is 978 g/mol. The van der Waals surface area contributed by atoms with E-state index in [-0.39, 0.29) is 67.2 Å². The third kappa shape index (κ3) is 9.90. The van der Waals surface area contributed by atoms with Crippen molar-refractivity contribution in [3.63, 3.8) is 0 Å². The molecule has 374 valence electrons. The first-order chi connectivity index (χ1) is 34.7. The van der Waals surface area contributed by atoms with Crippen LogP contribution in [0.25, 0.3) is 21.8 Å². The molecule has 0 saturated carbocycles. The number of nitrogens with zero attached hydrogens (tertiary/aromatic N) is 6. The van der Waals surface area contributed by atoms with Gasteiger partial charge in [-0.25, -0.2) is 13.6 Å². The van der Waals surface area contributed by atoms with Gasteiger partial charge in [0.1, 0.15) is 12.1 Å². The van der Waals surface area contributed by atoms with E-state index >= 15 is 0 Å². The summed E-state index contributed by atoms with van der Waals surface area (Å²) in [5.74, 6) is 3.54. The Kier molecular flexibility index (Phi) is 13.6. The molecule has 4 saturated heterocycles. The number of halogens is 2. The van der Waals surface area contributed by atoms with Crippen molar-refractivity contribution in [3.05, 3.63) is 129 Å². The Morgan fingerprint density at radius 1 is 0.903 bits per heavy atom. The molecule has 72 heavy (non-hydrogen) atoms. The molecular formula is C55H60F2N10O5. The number of hydrogen-bond acceptors (Lipinski definition) is 9. The van der Waals surface area contributed by atoms with Gasteiger partial charge >= 0.3 is 5.69 Å². The predicted octanol–water partition coefficient (Wildman–Crippen LogP) is 6.27. The van der Waals surface area contributed by atoms with E-state index in [4.69, 9.17) is 0 Å². The lowest BCUT2D eigenvalue weighted by Gasteiger charge is -2.32. The highest BCUT2D eigenvalue weighted by molar-refractivity contribution is 6.00. The Morgan fingerprint density at radius 3 is 2.43 bits per heavy atom. The van der Waals surface area contributed by atoms with Crippen LogP contribution in [-0.2, 0) is 23.2 Å². The number of benzene rings is 4. The third-order valence-electron chi connectivity index (χ3n) is 15.2. The van der Waals surface area contributed by atoms with E-state index in [2.05, 4.69) is 55.2 Å². The first-order valence-corrected chi connectivity index (χ1v) is 25.1. The molecule has 1 unspecified atom stereocenters. The van der Waals surface area contributed by atoms with Crippen LogP contribution in [0, 0.1) is 24.7 Å². The topological polar surface area (TPSA) is 168 Å². The Balaban J connectivity index is 0.694. The maximum atomic E-state index is 14.3. The van der Waals surface area contributed by atoms with Gasteiger partial charge in [0.25, 0.3) is 17.7 Å². The number of anilines is 1. The molecule has 4 aliphatic rings. The zero-order chi connectivity index (χ0) is 50.3. The second-order valence-electron chi connectivity index (χ2n) is 19.9. The van der Waals surface area contributed by atoms with Gasteiger partial charge < -0.3 is 25.8 Å². The number of carbonyl (C=O) groups excluding carboxylic acids is 4. The molecule has 4 aliphatic heterocycles. The van der Waals surface area contributed by atoms with Gasteiger partial charge in [0.05, 0.1) is 41.9 Å². The van der Waals surface area contributed by atoms with Crippen molar-refractivity contribution in [2.24, 2.45) is 13.0 Å². The Labute approximate surface area is 416 Å². The molecule has 0 spiro atoms. The number of piperidine rings is 3. The number of nitrogens with one attached hydrogen (secondary N) is 4. The van der Waals surface area contributed by atoms with E-state index in [0.29, 0.717) is 42.0 Å². The predicted molar refractivity (Wildman–Crippen MR) is 271 cm³/mol. The minimum absolute atomic E-state index is 0.0283. The maximum absolute atomic E-state index is 14.3. The lowest BCUT2D eigenvalue weighted by molar-refractivity contribution is -0.135. The summed E-state index contributed by atoms with van der Waals surface area (Å²) in [6, 6.07) is 21.1. The minimum Gasteiger partial charge on any atom is -0.375 e. The number of likely N-dealkylation sites (tertiary alicyclic amines) is 2. The van der Waals surface area contributed by atoms with E-state index in [1.807, 2.05) is 72.1 Å². The number of amides is 4. The summed E-state index contributed by atoms with van der Waals surface area (Å²) in [5, 5.41) is 17.7. The Hall–Kier alpha value is -7.16. The van der Waals surface area contributed by atoms with E-state index < -0.39 is 23.9 Å². The van der Waals surface area contributed by atoms with E-state index in [9.17, 15) is 32.8 Å². The van der Waals surface area contributed by atoms with Gasteiger partial charge in [-0.3, -0.25) is 38.3 Å². The number of alkyl halides is 2. The minimum atomic E-state index is -2.88. The fourth-order valence-electron chi connectivity index (χ4n) is 10.9. The normalized spacial score (nSPS) is 20.3. The van der Waals surface area contributed by atoms with Gasteiger partial charge in [-0.1, -0.05) is 54.3 Å². The number of fused-ring (bicyclic) bond motifs is 2. The first kappa shape index (κ1) is 48.5. The molecule has 4 amide bonds. The van der Waals surface area contributed by atoms with Gasteiger partial charge in [-0.15, -0.1) is 0 Å². The van der Waals surface area contributed by atoms with E-state index in [1.165, 1.54) is 4.57 Å². The molecule has 4 N–H and O–H groups in total. The number of rotatable bonds is 11. The number of imide groups is 1. The molecule has 2 aromatic heterocycles. The summed E-state index contributed by atoms with van der Waals surface area (Å²) in [6.45, 7) is 8.06. The van der Waals surface area contributed by atoms with E-state index in [0.717, 1.165) is 83.9 Å². The molecule has 6 aromatic rings. The number of imidazole rings is 1. The second kappa shape index (κ2) is 20.2. The number of aryl methyl sites for hydroxylation is 2. The van der Waals surface area contributed by atoms with Gasteiger partial charge in [0.2, 0.25) is 11.8 Å². The fourth-order valence-corrected chi connectivity index (χ4v) is 10.9. The molecule has 0 aliphatic carbocycles. The molecular weight excluding hydrogens is 919 g/mol. The van der Waals surface area contributed by atoms with Crippen molar-refractivity contribution in [2.45, 2.75) is 88.9 Å². The van der Waals surface area contributed by atoms with Gasteiger partial charge in [-0.05, 0) is 123 Å². The van der Waals surface area contributed by atoms with Crippen LogP contribution in [0.1, 0.15) is 106 Å². The van der Waals surface area contributed by atoms with Crippen molar-refractivity contribution in [3.8, 4) is 11.8 Å². The average molecular weight is 979 g/mol. The van der Waals surface area contributed by atoms with Crippen LogP contribution in [-0.4, -0.2) is 110 Å². The van der Waals surface area contributed by atoms with Crippen LogP contribution in [0.4, 0.5) is 14.5 Å². The summed E-state index contributed by atoms with van der Waals surface area (Å²) in [6.07, 6.45) is 7.44. The molecule has 6 heterocycles. The van der Waals surface area contributed by atoms with Crippen molar-refractivity contribution in [1.29, 1.82) is 0 Å². The van der Waals surface area contributed by atoms with Crippen molar-refractivity contribution >= 4 is 51.1 Å². The maximum Gasteiger partial charge on any atom is 0.329 e. The van der Waals surface area contributed by atoms with Crippen LogP contribution in [0.15, 0.2) is 90.0 Å². The zero-order valence-electron chi connectivity index (χ0n) is 40.8. The zero-order valence-corrected chi connectivity index (χ0v) is 40.8. The molecule has 17 heteroatoms.